The SMILES string of the molecule is CC1=C[C@]2(O)[C@@H](CC1)[C@H](C)CC[C@H]2[C@@H](C)CO. The molecule has 2 nitrogen and oxygen atoms in total. The van der Waals surface area contributed by atoms with Crippen LogP contribution in [0.2, 0.25) is 0 Å². The van der Waals surface area contributed by atoms with Crippen molar-refractivity contribution in [3.05, 3.63) is 11.6 Å². The minimum absolute atomic E-state index is 0.182. The van der Waals surface area contributed by atoms with Gasteiger partial charge in [-0.2, -0.15) is 0 Å². The smallest absolute Gasteiger partial charge is 0.0892 e. The van der Waals surface area contributed by atoms with Crippen LogP contribution in [0.4, 0.5) is 0 Å². The zero-order chi connectivity index (χ0) is 12.6. The summed E-state index contributed by atoms with van der Waals surface area (Å²) in [6.07, 6.45) is 6.56. The molecular formula is C15H26O2. The Balaban J connectivity index is 2.33. The van der Waals surface area contributed by atoms with Crippen molar-refractivity contribution >= 4 is 0 Å². The van der Waals surface area contributed by atoms with Gasteiger partial charge in [-0.1, -0.05) is 25.5 Å². The zero-order valence-electron chi connectivity index (χ0n) is 11.3. The van der Waals surface area contributed by atoms with E-state index in [0.29, 0.717) is 11.8 Å². The maximum absolute atomic E-state index is 11.1. The van der Waals surface area contributed by atoms with Gasteiger partial charge in [0.05, 0.1) is 5.60 Å². The van der Waals surface area contributed by atoms with E-state index in [-0.39, 0.29) is 18.4 Å². The molecule has 0 aromatic carbocycles. The molecule has 2 heteroatoms. The number of allylic oxidation sites excluding steroid dienone is 1. The average Bonchev–Trinajstić information content (AvgIpc) is 2.27. The van der Waals surface area contributed by atoms with E-state index in [1.54, 1.807) is 0 Å². The summed E-state index contributed by atoms with van der Waals surface area (Å²) in [5, 5.41) is 20.5. The summed E-state index contributed by atoms with van der Waals surface area (Å²) in [7, 11) is 0. The van der Waals surface area contributed by atoms with Crippen molar-refractivity contribution in [3.63, 3.8) is 0 Å². The molecular weight excluding hydrogens is 212 g/mol. The Kier molecular flexibility index (Phi) is 3.65. The van der Waals surface area contributed by atoms with E-state index in [1.165, 1.54) is 12.0 Å². The molecule has 0 aromatic heterocycles. The predicted octanol–water partition coefficient (Wildman–Crippen LogP) is 2.75. The maximum Gasteiger partial charge on any atom is 0.0892 e. The van der Waals surface area contributed by atoms with Crippen molar-refractivity contribution in [2.24, 2.45) is 23.7 Å². The Morgan fingerprint density at radius 3 is 2.76 bits per heavy atom. The third-order valence-corrected chi connectivity index (χ3v) is 5.11. The fourth-order valence-corrected chi connectivity index (χ4v) is 4.05. The Morgan fingerprint density at radius 2 is 2.12 bits per heavy atom. The first-order valence-electron chi connectivity index (χ1n) is 7.00. The molecule has 0 spiro atoms. The van der Waals surface area contributed by atoms with Gasteiger partial charge in [0, 0.05) is 6.61 Å². The molecule has 0 aliphatic heterocycles. The fourth-order valence-electron chi connectivity index (χ4n) is 4.05. The van der Waals surface area contributed by atoms with Crippen LogP contribution in [0.25, 0.3) is 0 Å². The Morgan fingerprint density at radius 1 is 1.41 bits per heavy atom. The quantitative estimate of drug-likeness (QED) is 0.726. The summed E-state index contributed by atoms with van der Waals surface area (Å²) < 4.78 is 0. The first kappa shape index (κ1) is 13.1. The van der Waals surface area contributed by atoms with Crippen LogP contribution in [0.15, 0.2) is 11.6 Å². The lowest BCUT2D eigenvalue weighted by Gasteiger charge is -2.51. The van der Waals surface area contributed by atoms with Crippen LogP contribution < -0.4 is 0 Å². The van der Waals surface area contributed by atoms with E-state index in [1.807, 2.05) is 0 Å². The second-order valence-electron chi connectivity index (χ2n) is 6.34. The van der Waals surface area contributed by atoms with E-state index in [2.05, 4.69) is 26.8 Å². The van der Waals surface area contributed by atoms with Gasteiger partial charge >= 0.3 is 0 Å². The molecule has 0 aromatic rings. The Hall–Kier alpha value is -0.340. The summed E-state index contributed by atoms with van der Waals surface area (Å²) in [6.45, 7) is 6.63. The van der Waals surface area contributed by atoms with Gasteiger partial charge in [0.15, 0.2) is 0 Å². The van der Waals surface area contributed by atoms with Gasteiger partial charge in [-0.25, -0.2) is 0 Å². The lowest BCUT2D eigenvalue weighted by molar-refractivity contribution is -0.107. The van der Waals surface area contributed by atoms with Crippen LogP contribution >= 0.6 is 0 Å². The second-order valence-corrected chi connectivity index (χ2v) is 6.34. The third kappa shape index (κ3) is 2.17. The van der Waals surface area contributed by atoms with Gasteiger partial charge in [-0.05, 0) is 56.3 Å². The summed E-state index contributed by atoms with van der Waals surface area (Å²) in [4.78, 5) is 0. The largest absolute Gasteiger partial charge is 0.396 e. The highest BCUT2D eigenvalue weighted by Crippen LogP contribution is 2.50. The Labute approximate surface area is 105 Å². The lowest BCUT2D eigenvalue weighted by atomic mass is 9.57. The molecule has 0 saturated heterocycles. The van der Waals surface area contributed by atoms with Crippen molar-refractivity contribution in [2.75, 3.05) is 6.61 Å². The topological polar surface area (TPSA) is 40.5 Å². The van der Waals surface area contributed by atoms with Gasteiger partial charge in [-0.15, -0.1) is 0 Å². The van der Waals surface area contributed by atoms with Crippen molar-refractivity contribution in [1.82, 2.24) is 0 Å². The van der Waals surface area contributed by atoms with Crippen LogP contribution in [0.5, 0.6) is 0 Å². The van der Waals surface area contributed by atoms with E-state index in [4.69, 9.17) is 0 Å². The molecule has 5 atom stereocenters. The standard InChI is InChI=1S/C15H26O2/c1-10-4-6-13-11(2)5-7-14(12(3)9-16)15(13,17)8-10/h8,11-14,16-17H,4-7,9H2,1-3H3/t11-,12+,13+,14+,15+/m1/s1. The number of aliphatic hydroxyl groups is 2. The predicted molar refractivity (Wildman–Crippen MR) is 69.6 cm³/mol. The van der Waals surface area contributed by atoms with Crippen LogP contribution in [-0.2, 0) is 0 Å². The number of fused-ring (bicyclic) bond motifs is 1. The molecule has 0 amide bonds. The summed E-state index contributed by atoms with van der Waals surface area (Å²) in [5.41, 5.74) is 0.648. The molecule has 98 valence electrons. The first-order valence-corrected chi connectivity index (χ1v) is 7.00. The van der Waals surface area contributed by atoms with Gasteiger partial charge in [0.1, 0.15) is 0 Å². The lowest BCUT2D eigenvalue weighted by Crippen LogP contribution is -2.53. The first-order chi connectivity index (χ1) is 7.99. The van der Waals surface area contributed by atoms with Crippen LogP contribution in [0.1, 0.15) is 46.5 Å². The van der Waals surface area contributed by atoms with Crippen LogP contribution in [-0.4, -0.2) is 22.4 Å². The monoisotopic (exact) mass is 238 g/mol. The minimum Gasteiger partial charge on any atom is -0.396 e. The molecule has 1 saturated carbocycles. The normalized spacial score (nSPS) is 43.8. The molecule has 2 N–H and O–H groups in total. The number of aliphatic hydroxyl groups excluding tert-OH is 1. The second kappa shape index (κ2) is 4.74. The van der Waals surface area contributed by atoms with Gasteiger partial charge in [-0.3, -0.25) is 0 Å². The highest BCUT2D eigenvalue weighted by Gasteiger charge is 2.50. The number of hydrogen-bond donors (Lipinski definition) is 2. The van der Waals surface area contributed by atoms with Crippen LogP contribution in [0, 0.1) is 23.7 Å². The highest BCUT2D eigenvalue weighted by molar-refractivity contribution is 5.20. The molecule has 1 fully saturated rings. The molecule has 0 unspecified atom stereocenters. The average molecular weight is 238 g/mol. The van der Waals surface area contributed by atoms with E-state index in [9.17, 15) is 10.2 Å². The molecule has 17 heavy (non-hydrogen) atoms. The highest BCUT2D eigenvalue weighted by atomic mass is 16.3. The maximum atomic E-state index is 11.1. The molecule has 2 aliphatic rings. The fraction of sp³-hybridized carbons (Fsp3) is 0.867. The van der Waals surface area contributed by atoms with E-state index >= 15 is 0 Å². The van der Waals surface area contributed by atoms with E-state index in [0.717, 1.165) is 19.3 Å². The molecule has 0 radical (unpaired) electrons. The Bertz CT molecular complexity index is 310. The molecule has 2 aliphatic carbocycles. The zero-order valence-corrected chi connectivity index (χ0v) is 11.3. The van der Waals surface area contributed by atoms with Gasteiger partial charge < -0.3 is 10.2 Å². The molecule has 0 bridgehead atoms. The van der Waals surface area contributed by atoms with Crippen molar-refractivity contribution in [3.8, 4) is 0 Å². The van der Waals surface area contributed by atoms with Crippen molar-refractivity contribution in [2.45, 2.75) is 52.1 Å². The number of hydrogen-bond acceptors (Lipinski definition) is 2. The van der Waals surface area contributed by atoms with Crippen LogP contribution in [0.3, 0.4) is 0 Å². The summed E-state index contributed by atoms with van der Waals surface area (Å²) in [5.74, 6) is 1.41. The minimum atomic E-state index is -0.665. The van der Waals surface area contributed by atoms with Crippen molar-refractivity contribution in [1.29, 1.82) is 0 Å². The summed E-state index contributed by atoms with van der Waals surface area (Å²) >= 11 is 0. The van der Waals surface area contributed by atoms with Gasteiger partial charge in [0.25, 0.3) is 0 Å². The molecule has 2 rings (SSSR count). The number of rotatable bonds is 2. The van der Waals surface area contributed by atoms with E-state index < -0.39 is 5.60 Å². The third-order valence-electron chi connectivity index (χ3n) is 5.11. The molecule has 0 heterocycles. The van der Waals surface area contributed by atoms with Crippen molar-refractivity contribution < 1.29 is 10.2 Å². The van der Waals surface area contributed by atoms with Gasteiger partial charge in [0.2, 0.25) is 0 Å². The summed E-state index contributed by atoms with van der Waals surface area (Å²) in [6, 6.07) is 0.